The van der Waals surface area contributed by atoms with E-state index in [1.807, 2.05) is 6.92 Å². The molecule has 0 aliphatic heterocycles. The Balaban J connectivity index is 4.12. The molecule has 0 saturated carbocycles. The minimum atomic E-state index is -3.18. The lowest BCUT2D eigenvalue weighted by molar-refractivity contribution is 0.173. The normalized spacial score (nSPS) is 14.1. The largest absolute Gasteiger partial charge is 0.383 e. The second kappa shape index (κ2) is 8.33. The van der Waals surface area contributed by atoms with Crippen molar-refractivity contribution < 1.29 is 13.2 Å². The molecule has 4 nitrogen and oxygen atoms in total. The Morgan fingerprint density at radius 1 is 1.47 bits per heavy atom. The molecule has 1 unspecified atom stereocenters. The zero-order chi connectivity index (χ0) is 11.7. The molecule has 15 heavy (non-hydrogen) atoms. The lowest BCUT2D eigenvalue weighted by Gasteiger charge is -2.16. The first-order chi connectivity index (χ1) is 7.05. The molecule has 0 saturated heterocycles. The van der Waals surface area contributed by atoms with Crippen LogP contribution >= 0.6 is 11.6 Å². The summed E-state index contributed by atoms with van der Waals surface area (Å²) >= 11 is 5.57. The van der Waals surface area contributed by atoms with Crippen LogP contribution in [0.5, 0.6) is 0 Å². The Morgan fingerprint density at radius 3 is 2.60 bits per heavy atom. The van der Waals surface area contributed by atoms with E-state index in [2.05, 4.69) is 4.72 Å². The molecule has 1 N–H and O–H groups in total. The molecule has 0 aromatic carbocycles. The second-order valence-electron chi connectivity index (χ2n) is 3.42. The van der Waals surface area contributed by atoms with Gasteiger partial charge in [-0.05, 0) is 12.8 Å². The fourth-order valence-electron chi connectivity index (χ4n) is 1.16. The summed E-state index contributed by atoms with van der Waals surface area (Å²) in [5, 5.41) is 0. The first-order valence-corrected chi connectivity index (χ1v) is 7.29. The van der Waals surface area contributed by atoms with Gasteiger partial charge in [0.05, 0.1) is 12.4 Å². The van der Waals surface area contributed by atoms with Crippen LogP contribution in [0, 0.1) is 0 Å². The van der Waals surface area contributed by atoms with Gasteiger partial charge in [-0.25, -0.2) is 13.1 Å². The maximum atomic E-state index is 11.5. The van der Waals surface area contributed by atoms with Gasteiger partial charge < -0.3 is 4.74 Å². The summed E-state index contributed by atoms with van der Waals surface area (Å²) in [6, 6.07) is -0.214. The van der Waals surface area contributed by atoms with Crippen LogP contribution in [0.3, 0.4) is 0 Å². The third-order valence-electron chi connectivity index (χ3n) is 1.94. The molecule has 0 aromatic rings. The number of sulfonamides is 1. The number of halogens is 1. The summed E-state index contributed by atoms with van der Waals surface area (Å²) in [5.41, 5.74) is 0. The Kier molecular flexibility index (Phi) is 8.42. The highest BCUT2D eigenvalue weighted by atomic mass is 35.5. The fraction of sp³-hybridized carbons (Fsp3) is 1.00. The molecule has 0 spiro atoms. The molecule has 0 fully saturated rings. The van der Waals surface area contributed by atoms with Crippen LogP contribution in [0.25, 0.3) is 0 Å². The third-order valence-corrected chi connectivity index (χ3v) is 3.68. The topological polar surface area (TPSA) is 55.4 Å². The Labute approximate surface area is 97.4 Å². The van der Waals surface area contributed by atoms with Gasteiger partial charge in [-0.3, -0.25) is 0 Å². The average Bonchev–Trinajstić information content (AvgIpc) is 2.15. The van der Waals surface area contributed by atoms with E-state index >= 15 is 0 Å². The quantitative estimate of drug-likeness (QED) is 0.635. The van der Waals surface area contributed by atoms with E-state index in [1.54, 1.807) is 7.11 Å². The molecule has 0 aromatic heterocycles. The summed E-state index contributed by atoms with van der Waals surface area (Å²) in [5.74, 6) is 0.594. The summed E-state index contributed by atoms with van der Waals surface area (Å²) in [4.78, 5) is 0. The van der Waals surface area contributed by atoms with Gasteiger partial charge in [0.15, 0.2) is 0 Å². The molecule has 0 heterocycles. The molecule has 1 atom stereocenters. The number of alkyl halides is 1. The molecular weight excluding hydrogens is 238 g/mol. The molecule has 0 rings (SSSR count). The van der Waals surface area contributed by atoms with Gasteiger partial charge in [-0.2, -0.15) is 0 Å². The Morgan fingerprint density at radius 2 is 2.13 bits per heavy atom. The van der Waals surface area contributed by atoms with E-state index in [9.17, 15) is 8.42 Å². The highest BCUT2D eigenvalue weighted by Gasteiger charge is 2.16. The summed E-state index contributed by atoms with van der Waals surface area (Å²) in [6.07, 6.45) is 2.13. The lowest BCUT2D eigenvalue weighted by atomic mass is 10.3. The minimum absolute atomic E-state index is 0.173. The SMILES string of the molecule is CCCCS(=O)(=O)NC(CCCl)COC. The number of hydrogen-bond donors (Lipinski definition) is 1. The predicted octanol–water partition coefficient (Wildman–Crippen LogP) is 1.35. The van der Waals surface area contributed by atoms with Crippen molar-refractivity contribution in [2.75, 3.05) is 25.3 Å². The number of rotatable bonds is 9. The molecule has 0 aliphatic rings. The van der Waals surface area contributed by atoms with Gasteiger partial charge >= 0.3 is 0 Å². The van der Waals surface area contributed by atoms with Crippen LogP contribution in [0.4, 0.5) is 0 Å². The summed E-state index contributed by atoms with van der Waals surface area (Å²) < 4.78 is 30.6. The lowest BCUT2D eigenvalue weighted by Crippen LogP contribution is -2.39. The van der Waals surface area contributed by atoms with Crippen LogP contribution in [0.2, 0.25) is 0 Å². The maximum absolute atomic E-state index is 11.5. The van der Waals surface area contributed by atoms with Crippen molar-refractivity contribution in [1.82, 2.24) is 4.72 Å². The predicted molar refractivity (Wildman–Crippen MR) is 62.8 cm³/mol. The van der Waals surface area contributed by atoms with Crippen LogP contribution in [-0.2, 0) is 14.8 Å². The van der Waals surface area contributed by atoms with Crippen LogP contribution < -0.4 is 4.72 Å². The highest BCUT2D eigenvalue weighted by Crippen LogP contribution is 2.00. The van der Waals surface area contributed by atoms with E-state index in [-0.39, 0.29) is 11.8 Å². The van der Waals surface area contributed by atoms with E-state index in [4.69, 9.17) is 16.3 Å². The standard InChI is InChI=1S/C9H20ClNO3S/c1-3-4-7-15(12,13)11-9(5-6-10)8-14-2/h9,11H,3-8H2,1-2H3. The van der Waals surface area contributed by atoms with Crippen molar-refractivity contribution in [3.8, 4) is 0 Å². The third kappa shape index (κ3) is 8.02. The molecule has 0 bridgehead atoms. The van der Waals surface area contributed by atoms with Crippen LogP contribution in [0.1, 0.15) is 26.2 Å². The van der Waals surface area contributed by atoms with E-state index in [1.165, 1.54) is 0 Å². The van der Waals surface area contributed by atoms with Gasteiger partial charge in [-0.1, -0.05) is 13.3 Å². The molecule has 6 heteroatoms. The first-order valence-electron chi connectivity index (χ1n) is 5.10. The van der Waals surface area contributed by atoms with Crippen molar-refractivity contribution in [2.24, 2.45) is 0 Å². The van der Waals surface area contributed by atoms with E-state index < -0.39 is 10.0 Å². The second-order valence-corrected chi connectivity index (χ2v) is 5.67. The molecule has 0 aliphatic carbocycles. The van der Waals surface area contributed by atoms with E-state index in [0.29, 0.717) is 25.3 Å². The number of nitrogens with one attached hydrogen (secondary N) is 1. The number of methoxy groups -OCH3 is 1. The van der Waals surface area contributed by atoms with Gasteiger partial charge in [0.1, 0.15) is 0 Å². The van der Waals surface area contributed by atoms with Crippen LogP contribution in [-0.4, -0.2) is 39.8 Å². The zero-order valence-corrected chi connectivity index (χ0v) is 10.9. The Bertz CT molecular complexity index is 238. The smallest absolute Gasteiger partial charge is 0.211 e. The molecular formula is C9H20ClNO3S. The average molecular weight is 258 g/mol. The van der Waals surface area contributed by atoms with Gasteiger partial charge in [-0.15, -0.1) is 11.6 Å². The number of ether oxygens (including phenoxy) is 1. The molecule has 92 valence electrons. The van der Waals surface area contributed by atoms with Gasteiger partial charge in [0.2, 0.25) is 10.0 Å². The van der Waals surface area contributed by atoms with Crippen molar-refractivity contribution in [3.05, 3.63) is 0 Å². The maximum Gasteiger partial charge on any atom is 0.211 e. The summed E-state index contributed by atoms with van der Waals surface area (Å²) in [7, 11) is -1.63. The van der Waals surface area contributed by atoms with Crippen molar-refractivity contribution in [1.29, 1.82) is 0 Å². The van der Waals surface area contributed by atoms with Crippen molar-refractivity contribution in [2.45, 2.75) is 32.2 Å². The van der Waals surface area contributed by atoms with E-state index in [0.717, 1.165) is 6.42 Å². The summed E-state index contributed by atoms with van der Waals surface area (Å²) in [6.45, 7) is 2.32. The monoisotopic (exact) mass is 257 g/mol. The number of unbranched alkanes of at least 4 members (excludes halogenated alkanes) is 1. The van der Waals surface area contributed by atoms with Crippen molar-refractivity contribution >= 4 is 21.6 Å². The van der Waals surface area contributed by atoms with Gasteiger partial charge in [0, 0.05) is 19.0 Å². The first kappa shape index (κ1) is 15.2. The molecule has 0 radical (unpaired) electrons. The van der Waals surface area contributed by atoms with Crippen LogP contribution in [0.15, 0.2) is 0 Å². The zero-order valence-electron chi connectivity index (χ0n) is 9.33. The number of hydrogen-bond acceptors (Lipinski definition) is 3. The van der Waals surface area contributed by atoms with Crippen molar-refractivity contribution in [3.63, 3.8) is 0 Å². The minimum Gasteiger partial charge on any atom is -0.383 e. The Hall–Kier alpha value is 0.160. The molecule has 0 amide bonds. The highest BCUT2D eigenvalue weighted by molar-refractivity contribution is 7.89. The van der Waals surface area contributed by atoms with Gasteiger partial charge in [0.25, 0.3) is 0 Å². The fourth-order valence-corrected chi connectivity index (χ4v) is 2.90.